The summed E-state index contributed by atoms with van der Waals surface area (Å²) in [5.41, 5.74) is 3.76. The van der Waals surface area contributed by atoms with Crippen LogP contribution in [0.25, 0.3) is 11.0 Å². The molecule has 0 radical (unpaired) electrons. The largest absolute Gasteiger partial charge is 0.394 e. The fourth-order valence-electron chi connectivity index (χ4n) is 3.80. The van der Waals surface area contributed by atoms with E-state index in [1.165, 1.54) is 10.6 Å². The van der Waals surface area contributed by atoms with Crippen molar-refractivity contribution in [2.45, 2.75) is 33.1 Å². The summed E-state index contributed by atoms with van der Waals surface area (Å²) < 4.78 is 7.14. The Balaban J connectivity index is 1.47. The number of anilines is 2. The molecule has 1 amide bonds. The van der Waals surface area contributed by atoms with Gasteiger partial charge in [0.05, 0.1) is 36.5 Å². The van der Waals surface area contributed by atoms with Gasteiger partial charge in [-0.3, -0.25) is 4.79 Å². The lowest BCUT2D eigenvalue weighted by Crippen LogP contribution is -2.27. The fourth-order valence-corrected chi connectivity index (χ4v) is 5.06. The van der Waals surface area contributed by atoms with E-state index in [-0.39, 0.29) is 19.1 Å². The maximum atomic E-state index is 12.4. The van der Waals surface area contributed by atoms with Gasteiger partial charge in [0, 0.05) is 24.0 Å². The molecule has 9 heteroatoms. The van der Waals surface area contributed by atoms with Gasteiger partial charge in [0.2, 0.25) is 5.95 Å². The third-order valence-electron chi connectivity index (χ3n) is 5.59. The highest BCUT2D eigenvalue weighted by atomic mass is 32.1. The van der Waals surface area contributed by atoms with Gasteiger partial charge in [-0.15, -0.1) is 11.3 Å². The molecule has 0 spiro atoms. The van der Waals surface area contributed by atoms with Crippen LogP contribution in [0.1, 0.15) is 41.2 Å². The summed E-state index contributed by atoms with van der Waals surface area (Å²) in [6.07, 6.45) is 3.24. The summed E-state index contributed by atoms with van der Waals surface area (Å²) in [4.78, 5) is 23.2. The molecule has 1 aliphatic rings. The van der Waals surface area contributed by atoms with Crippen LogP contribution in [-0.2, 0) is 24.6 Å². The predicted octanol–water partition coefficient (Wildman–Crippen LogP) is 3.03. The Kier molecular flexibility index (Phi) is 6.27. The van der Waals surface area contributed by atoms with E-state index in [9.17, 15) is 4.79 Å². The topological polar surface area (TPSA) is 101 Å². The van der Waals surface area contributed by atoms with Crippen LogP contribution in [0.4, 0.5) is 11.1 Å². The second-order valence-electron chi connectivity index (χ2n) is 8.64. The van der Waals surface area contributed by atoms with Gasteiger partial charge in [-0.1, -0.05) is 13.8 Å². The first kappa shape index (κ1) is 21.7. The highest BCUT2D eigenvalue weighted by Gasteiger charge is 2.28. The van der Waals surface area contributed by atoms with E-state index in [4.69, 9.17) is 19.8 Å². The lowest BCUT2D eigenvalue weighted by Gasteiger charge is -2.28. The number of aryl methyl sites for hydroxylation is 2. The van der Waals surface area contributed by atoms with Gasteiger partial charge in [-0.25, -0.2) is 9.97 Å². The van der Waals surface area contributed by atoms with E-state index in [0.717, 1.165) is 35.4 Å². The summed E-state index contributed by atoms with van der Waals surface area (Å²) in [5, 5.41) is 15.8. The lowest BCUT2D eigenvalue weighted by molar-refractivity contribution is 0.0838. The van der Waals surface area contributed by atoms with Crippen molar-refractivity contribution >= 4 is 39.4 Å². The number of fused-ring (bicyclic) bond motifs is 2. The number of hydrogen-bond donors (Lipinski definition) is 3. The third kappa shape index (κ3) is 4.89. The molecule has 0 aliphatic heterocycles. The Morgan fingerprint density at radius 3 is 2.97 bits per heavy atom. The van der Waals surface area contributed by atoms with E-state index in [1.807, 2.05) is 17.7 Å². The van der Waals surface area contributed by atoms with Gasteiger partial charge in [0.1, 0.15) is 0 Å². The van der Waals surface area contributed by atoms with Gasteiger partial charge < -0.3 is 25.0 Å². The Bertz CT molecular complexity index is 1090. The number of rotatable bonds is 8. The molecule has 2 heterocycles. The zero-order chi connectivity index (χ0) is 22.0. The number of benzene rings is 1. The molecule has 0 saturated carbocycles. The molecule has 0 atom stereocenters. The molecule has 0 bridgehead atoms. The van der Waals surface area contributed by atoms with Crippen LogP contribution in [0.5, 0.6) is 0 Å². The van der Waals surface area contributed by atoms with Gasteiger partial charge >= 0.3 is 0 Å². The highest BCUT2D eigenvalue weighted by Crippen LogP contribution is 2.39. The minimum absolute atomic E-state index is 0.0255. The first-order valence-electron chi connectivity index (χ1n) is 10.6. The quantitative estimate of drug-likeness (QED) is 0.463. The zero-order valence-electron chi connectivity index (χ0n) is 18.2. The average Bonchev–Trinajstić information content (AvgIpc) is 3.26. The van der Waals surface area contributed by atoms with E-state index >= 15 is 0 Å². The molecule has 4 rings (SSSR count). The Morgan fingerprint density at radius 1 is 1.32 bits per heavy atom. The highest BCUT2D eigenvalue weighted by molar-refractivity contribution is 7.15. The molecule has 1 aliphatic carbocycles. The average molecular weight is 444 g/mol. The molecular weight excluding hydrogens is 414 g/mol. The summed E-state index contributed by atoms with van der Waals surface area (Å²) in [6, 6.07) is 5.49. The summed E-state index contributed by atoms with van der Waals surface area (Å²) >= 11 is 1.71. The van der Waals surface area contributed by atoms with Crippen LogP contribution < -0.4 is 10.6 Å². The Hall–Kier alpha value is -2.49. The van der Waals surface area contributed by atoms with Gasteiger partial charge in [0.25, 0.3) is 5.91 Å². The van der Waals surface area contributed by atoms with Gasteiger partial charge in [-0.05, 0) is 42.9 Å². The first-order chi connectivity index (χ1) is 14.9. The first-order valence-corrected chi connectivity index (χ1v) is 11.4. The number of imidazole rings is 1. The Morgan fingerprint density at radius 2 is 2.16 bits per heavy atom. The number of nitrogens with one attached hydrogen (secondary N) is 2. The number of thiazole rings is 1. The molecule has 1 aromatic carbocycles. The predicted molar refractivity (Wildman–Crippen MR) is 122 cm³/mol. The molecule has 3 N–H and O–H groups in total. The zero-order valence-corrected chi connectivity index (χ0v) is 19.0. The second-order valence-corrected chi connectivity index (χ2v) is 9.73. The fraction of sp³-hybridized carbons (Fsp3) is 0.500. The molecule has 0 saturated heterocycles. The molecule has 3 aromatic rings. The summed E-state index contributed by atoms with van der Waals surface area (Å²) in [6.45, 7) is 5.61. The number of hydrogen-bond acceptors (Lipinski definition) is 7. The number of ether oxygens (including phenoxy) is 1. The lowest BCUT2D eigenvalue weighted by atomic mass is 9.79. The number of carbonyl (C=O) groups is 1. The van der Waals surface area contributed by atoms with Crippen LogP contribution in [0.3, 0.4) is 0 Å². The molecule has 31 heavy (non-hydrogen) atoms. The maximum Gasteiger partial charge on any atom is 0.251 e. The van der Waals surface area contributed by atoms with Gasteiger partial charge in [-0.2, -0.15) is 0 Å². The number of aliphatic hydroxyl groups is 1. The second kappa shape index (κ2) is 8.94. The molecule has 0 fully saturated rings. The van der Waals surface area contributed by atoms with Crippen LogP contribution >= 0.6 is 11.3 Å². The molecule has 8 nitrogen and oxygen atoms in total. The van der Waals surface area contributed by atoms with Crippen LogP contribution in [0, 0.1) is 5.41 Å². The molecular formula is C22H29N5O3S. The minimum atomic E-state index is -0.176. The van der Waals surface area contributed by atoms with Crippen molar-refractivity contribution in [3.8, 4) is 0 Å². The van der Waals surface area contributed by atoms with Crippen LogP contribution in [0.2, 0.25) is 0 Å². The van der Waals surface area contributed by atoms with Crippen molar-refractivity contribution in [2.24, 2.45) is 12.5 Å². The van der Waals surface area contributed by atoms with Crippen molar-refractivity contribution < 1.29 is 14.6 Å². The van der Waals surface area contributed by atoms with E-state index in [1.54, 1.807) is 23.5 Å². The van der Waals surface area contributed by atoms with Gasteiger partial charge in [0.15, 0.2) is 5.13 Å². The van der Waals surface area contributed by atoms with E-state index < -0.39 is 0 Å². The van der Waals surface area contributed by atoms with Crippen molar-refractivity contribution in [1.82, 2.24) is 19.9 Å². The number of amides is 1. The third-order valence-corrected chi connectivity index (χ3v) is 6.60. The smallest absolute Gasteiger partial charge is 0.251 e. The SMILES string of the molecule is Cn1c(Nc2nc3c(s2)CC(C)(C)CC3)nc2cc(C(=O)NCCOCCO)ccc21. The normalized spacial score (nSPS) is 15.1. The number of nitrogens with zero attached hydrogens (tertiary/aromatic N) is 3. The van der Waals surface area contributed by atoms with Crippen molar-refractivity contribution in [1.29, 1.82) is 0 Å². The summed E-state index contributed by atoms with van der Waals surface area (Å²) in [7, 11) is 1.95. The van der Waals surface area contributed by atoms with E-state index in [0.29, 0.717) is 30.1 Å². The van der Waals surface area contributed by atoms with Crippen LogP contribution in [-0.4, -0.2) is 51.9 Å². The number of aromatic nitrogens is 3. The number of aliphatic hydroxyl groups excluding tert-OH is 1. The Labute approximate surface area is 185 Å². The summed E-state index contributed by atoms with van der Waals surface area (Å²) in [5.74, 6) is 0.528. The maximum absolute atomic E-state index is 12.4. The standard InChI is InChI=1S/C22H29N5O3S/c1-22(2)7-6-15-18(13-22)31-21(25-15)26-20-24-16-12-14(4-5-17(16)27(20)3)19(29)23-8-10-30-11-9-28/h4-5,12,28H,6-11,13H2,1-3H3,(H,23,29)(H,24,25,26). The van der Waals surface area contributed by atoms with Crippen LogP contribution in [0.15, 0.2) is 18.2 Å². The van der Waals surface area contributed by atoms with E-state index in [2.05, 4.69) is 24.5 Å². The number of carbonyl (C=O) groups excluding carboxylic acids is 1. The monoisotopic (exact) mass is 443 g/mol. The molecule has 166 valence electrons. The van der Waals surface area contributed by atoms with Crippen molar-refractivity contribution in [2.75, 3.05) is 31.7 Å². The van der Waals surface area contributed by atoms with Crippen molar-refractivity contribution in [3.63, 3.8) is 0 Å². The van der Waals surface area contributed by atoms with Crippen molar-refractivity contribution in [3.05, 3.63) is 34.3 Å². The minimum Gasteiger partial charge on any atom is -0.394 e. The molecule has 2 aromatic heterocycles. The molecule has 0 unspecified atom stereocenters.